The molecule has 0 unspecified atom stereocenters. The molecule has 0 saturated carbocycles. The van der Waals surface area contributed by atoms with Gasteiger partial charge in [-0.3, -0.25) is 5.10 Å². The third kappa shape index (κ3) is 2.47. The second-order valence-corrected chi connectivity index (χ2v) is 4.22. The number of aromatic amines is 1. The van der Waals surface area contributed by atoms with Crippen molar-refractivity contribution in [3.05, 3.63) is 24.4 Å². The maximum atomic E-state index is 9.51. The number of hydrogen-bond donors (Lipinski definition) is 2. The molecular formula is C11H14N2O2. The Balaban J connectivity index is 2.15. The van der Waals surface area contributed by atoms with Crippen molar-refractivity contribution in [3.63, 3.8) is 0 Å². The van der Waals surface area contributed by atoms with Crippen LogP contribution in [-0.2, 0) is 0 Å². The molecule has 4 nitrogen and oxygen atoms in total. The Labute approximate surface area is 87.9 Å². The minimum absolute atomic E-state index is 0.270. The van der Waals surface area contributed by atoms with Gasteiger partial charge >= 0.3 is 0 Å². The lowest BCUT2D eigenvalue weighted by molar-refractivity contribution is 0.0285. The lowest BCUT2D eigenvalue weighted by Crippen LogP contribution is -2.27. The van der Waals surface area contributed by atoms with E-state index in [9.17, 15) is 5.11 Å². The summed E-state index contributed by atoms with van der Waals surface area (Å²) in [6, 6.07) is 5.66. The molecule has 2 aromatic rings. The number of aromatic nitrogens is 2. The molecule has 0 aliphatic heterocycles. The molecule has 15 heavy (non-hydrogen) atoms. The Bertz CT molecular complexity index is 457. The fraction of sp³-hybridized carbons (Fsp3) is 0.364. The second-order valence-electron chi connectivity index (χ2n) is 4.22. The van der Waals surface area contributed by atoms with Crippen LogP contribution in [0.2, 0.25) is 0 Å². The SMILES string of the molecule is CC(C)(O)COc1ccc2cn[nH]c2c1. The van der Waals surface area contributed by atoms with Gasteiger partial charge in [-0.15, -0.1) is 0 Å². The van der Waals surface area contributed by atoms with Crippen LogP contribution in [0, 0.1) is 0 Å². The fourth-order valence-electron chi connectivity index (χ4n) is 1.27. The number of H-pyrrole nitrogens is 1. The highest BCUT2D eigenvalue weighted by Gasteiger charge is 2.13. The van der Waals surface area contributed by atoms with Crippen LogP contribution in [-0.4, -0.2) is 27.5 Å². The van der Waals surface area contributed by atoms with E-state index in [1.807, 2.05) is 18.2 Å². The monoisotopic (exact) mass is 206 g/mol. The maximum Gasteiger partial charge on any atom is 0.121 e. The van der Waals surface area contributed by atoms with Crippen molar-refractivity contribution in [1.29, 1.82) is 0 Å². The zero-order valence-corrected chi connectivity index (χ0v) is 8.82. The van der Waals surface area contributed by atoms with Gasteiger partial charge in [0.25, 0.3) is 0 Å². The number of nitrogens with zero attached hydrogens (tertiary/aromatic N) is 1. The molecule has 2 rings (SSSR count). The molecule has 0 saturated heterocycles. The highest BCUT2D eigenvalue weighted by molar-refractivity contribution is 5.79. The highest BCUT2D eigenvalue weighted by Crippen LogP contribution is 2.19. The first-order valence-corrected chi connectivity index (χ1v) is 4.83. The molecule has 1 aromatic carbocycles. The molecule has 0 bridgehead atoms. The average molecular weight is 206 g/mol. The maximum absolute atomic E-state index is 9.51. The third-order valence-corrected chi connectivity index (χ3v) is 2.01. The average Bonchev–Trinajstić information content (AvgIpc) is 2.60. The molecule has 80 valence electrons. The third-order valence-electron chi connectivity index (χ3n) is 2.01. The Morgan fingerprint density at radius 3 is 3.00 bits per heavy atom. The summed E-state index contributed by atoms with van der Waals surface area (Å²) in [5, 5.41) is 17.3. The number of fused-ring (bicyclic) bond motifs is 1. The molecule has 1 aromatic heterocycles. The quantitative estimate of drug-likeness (QED) is 0.803. The van der Waals surface area contributed by atoms with E-state index in [0.29, 0.717) is 0 Å². The molecule has 0 fully saturated rings. The highest BCUT2D eigenvalue weighted by atomic mass is 16.5. The first kappa shape index (κ1) is 9.98. The summed E-state index contributed by atoms with van der Waals surface area (Å²) >= 11 is 0. The Kier molecular flexibility index (Phi) is 2.36. The van der Waals surface area contributed by atoms with Crippen LogP contribution in [0.1, 0.15) is 13.8 Å². The number of rotatable bonds is 3. The molecule has 0 radical (unpaired) electrons. The van der Waals surface area contributed by atoms with Gasteiger partial charge in [0.2, 0.25) is 0 Å². The summed E-state index contributed by atoms with van der Waals surface area (Å²) in [6.07, 6.45) is 1.76. The summed E-state index contributed by atoms with van der Waals surface area (Å²) in [6.45, 7) is 3.69. The fourth-order valence-corrected chi connectivity index (χ4v) is 1.27. The van der Waals surface area contributed by atoms with Gasteiger partial charge in [-0.25, -0.2) is 0 Å². The summed E-state index contributed by atoms with van der Waals surface area (Å²) in [5.41, 5.74) is 0.117. The first-order chi connectivity index (χ1) is 7.04. The molecule has 2 N–H and O–H groups in total. The van der Waals surface area contributed by atoms with Crippen molar-refractivity contribution >= 4 is 10.9 Å². The van der Waals surface area contributed by atoms with Gasteiger partial charge in [-0.05, 0) is 26.0 Å². The van der Waals surface area contributed by atoms with Crippen molar-refractivity contribution in [3.8, 4) is 5.75 Å². The lowest BCUT2D eigenvalue weighted by Gasteiger charge is -2.17. The van der Waals surface area contributed by atoms with E-state index in [2.05, 4.69) is 10.2 Å². The van der Waals surface area contributed by atoms with Gasteiger partial charge < -0.3 is 9.84 Å². The van der Waals surface area contributed by atoms with Gasteiger partial charge in [0.05, 0.1) is 17.3 Å². The van der Waals surface area contributed by atoms with E-state index in [0.717, 1.165) is 16.7 Å². The Hall–Kier alpha value is -1.55. The second kappa shape index (κ2) is 3.55. The first-order valence-electron chi connectivity index (χ1n) is 4.83. The predicted molar refractivity (Wildman–Crippen MR) is 57.9 cm³/mol. The molecule has 0 aliphatic rings. The van der Waals surface area contributed by atoms with Crippen molar-refractivity contribution in [2.45, 2.75) is 19.4 Å². The van der Waals surface area contributed by atoms with Gasteiger partial charge in [-0.2, -0.15) is 5.10 Å². The Morgan fingerprint density at radius 1 is 1.47 bits per heavy atom. The van der Waals surface area contributed by atoms with E-state index < -0.39 is 5.60 Å². The topological polar surface area (TPSA) is 58.1 Å². The van der Waals surface area contributed by atoms with Gasteiger partial charge in [0.15, 0.2) is 0 Å². The van der Waals surface area contributed by atoms with Gasteiger partial charge in [-0.1, -0.05) is 0 Å². The summed E-state index contributed by atoms with van der Waals surface area (Å²) < 4.78 is 5.45. The summed E-state index contributed by atoms with van der Waals surface area (Å²) in [7, 11) is 0. The molecular weight excluding hydrogens is 192 g/mol. The number of hydrogen-bond acceptors (Lipinski definition) is 3. The standard InChI is InChI=1S/C11H14N2O2/c1-11(2,14)7-15-9-4-3-8-6-12-13-10(8)5-9/h3-6,14H,7H2,1-2H3,(H,12,13). The summed E-state index contributed by atoms with van der Waals surface area (Å²) in [5.74, 6) is 0.730. The zero-order chi connectivity index (χ0) is 10.9. The number of nitrogens with one attached hydrogen (secondary N) is 1. The minimum atomic E-state index is -0.817. The Morgan fingerprint density at radius 2 is 2.27 bits per heavy atom. The van der Waals surface area contributed by atoms with Gasteiger partial charge in [0, 0.05) is 11.5 Å². The van der Waals surface area contributed by atoms with Crippen molar-refractivity contribution in [1.82, 2.24) is 10.2 Å². The van der Waals surface area contributed by atoms with Crippen LogP contribution in [0.5, 0.6) is 5.75 Å². The number of aliphatic hydroxyl groups is 1. The van der Waals surface area contributed by atoms with E-state index in [-0.39, 0.29) is 6.61 Å². The lowest BCUT2D eigenvalue weighted by atomic mass is 10.2. The smallest absolute Gasteiger partial charge is 0.121 e. The number of ether oxygens (including phenoxy) is 1. The summed E-state index contributed by atoms with van der Waals surface area (Å²) in [4.78, 5) is 0. The van der Waals surface area contributed by atoms with Crippen LogP contribution >= 0.6 is 0 Å². The van der Waals surface area contributed by atoms with Gasteiger partial charge in [0.1, 0.15) is 12.4 Å². The zero-order valence-electron chi connectivity index (χ0n) is 8.82. The predicted octanol–water partition coefficient (Wildman–Crippen LogP) is 1.71. The van der Waals surface area contributed by atoms with Crippen LogP contribution < -0.4 is 4.74 Å². The normalized spacial score (nSPS) is 11.9. The van der Waals surface area contributed by atoms with Crippen LogP contribution in [0.3, 0.4) is 0 Å². The van der Waals surface area contributed by atoms with Crippen molar-refractivity contribution in [2.75, 3.05) is 6.61 Å². The number of benzene rings is 1. The molecule has 1 heterocycles. The molecule has 0 aliphatic carbocycles. The van der Waals surface area contributed by atoms with E-state index in [1.165, 1.54) is 0 Å². The molecule has 0 atom stereocenters. The van der Waals surface area contributed by atoms with E-state index >= 15 is 0 Å². The minimum Gasteiger partial charge on any atom is -0.491 e. The van der Waals surface area contributed by atoms with Crippen molar-refractivity contribution < 1.29 is 9.84 Å². The molecule has 0 spiro atoms. The molecule has 0 amide bonds. The largest absolute Gasteiger partial charge is 0.491 e. The van der Waals surface area contributed by atoms with Crippen LogP contribution in [0.25, 0.3) is 10.9 Å². The van der Waals surface area contributed by atoms with Crippen LogP contribution in [0.4, 0.5) is 0 Å². The van der Waals surface area contributed by atoms with E-state index in [4.69, 9.17) is 4.74 Å². The van der Waals surface area contributed by atoms with Crippen molar-refractivity contribution in [2.24, 2.45) is 0 Å². The van der Waals surface area contributed by atoms with E-state index in [1.54, 1.807) is 20.0 Å². The molecule has 4 heteroatoms. The van der Waals surface area contributed by atoms with Crippen LogP contribution in [0.15, 0.2) is 24.4 Å².